The molecule has 5 heteroatoms. The van der Waals surface area contributed by atoms with Crippen LogP contribution in [-0.2, 0) is 0 Å². The average Bonchev–Trinajstić information content (AvgIpc) is 2.01. The quantitative estimate of drug-likeness (QED) is 0.609. The highest BCUT2D eigenvalue weighted by Crippen LogP contribution is 2.13. The fraction of sp³-hybridized carbons (Fsp3) is 0. The molecule has 0 bridgehead atoms. The lowest BCUT2D eigenvalue weighted by Crippen LogP contribution is -2.34. The summed E-state index contributed by atoms with van der Waals surface area (Å²) in [5.41, 5.74) is 10.3. The molecule has 0 heterocycles. The summed E-state index contributed by atoms with van der Waals surface area (Å²) in [7, 11) is 0. The maximum atomic E-state index is 10.3. The molecule has 1 rings (SSSR count). The van der Waals surface area contributed by atoms with E-state index in [1.165, 1.54) is 0 Å². The van der Waals surface area contributed by atoms with Crippen LogP contribution >= 0.6 is 11.6 Å². The second kappa shape index (κ2) is 3.82. The maximum Gasteiger partial charge on any atom is 0.330 e. The lowest BCUT2D eigenvalue weighted by atomic mass is 10.3. The number of primary amides is 1. The van der Waals surface area contributed by atoms with Crippen molar-refractivity contribution in [3.63, 3.8) is 0 Å². The highest BCUT2D eigenvalue weighted by atomic mass is 35.5. The molecule has 12 heavy (non-hydrogen) atoms. The van der Waals surface area contributed by atoms with E-state index in [-0.39, 0.29) is 0 Å². The number of benzene rings is 1. The molecule has 4 nitrogen and oxygen atoms in total. The highest BCUT2D eigenvalue weighted by Gasteiger charge is 1.93. The van der Waals surface area contributed by atoms with E-state index in [1.807, 2.05) is 0 Å². The van der Waals surface area contributed by atoms with Crippen molar-refractivity contribution in [3.8, 4) is 0 Å². The Morgan fingerprint density at radius 2 is 2.25 bits per heavy atom. The largest absolute Gasteiger partial charge is 0.350 e. The zero-order chi connectivity index (χ0) is 8.97. The molecule has 2 amide bonds. The average molecular weight is 186 g/mol. The number of amides is 2. The fourth-order valence-electron chi connectivity index (χ4n) is 0.700. The van der Waals surface area contributed by atoms with Crippen LogP contribution in [0.5, 0.6) is 0 Å². The van der Waals surface area contributed by atoms with Crippen molar-refractivity contribution in [1.82, 2.24) is 5.43 Å². The number of hydrogen-bond acceptors (Lipinski definition) is 2. The van der Waals surface area contributed by atoms with E-state index >= 15 is 0 Å². The zero-order valence-corrected chi connectivity index (χ0v) is 6.93. The SMILES string of the molecule is NC(=O)NNc1cccc(Cl)c1. The van der Waals surface area contributed by atoms with Gasteiger partial charge in [0, 0.05) is 5.02 Å². The standard InChI is InChI=1S/C7H8ClN3O/c8-5-2-1-3-6(4-5)10-11-7(9)12/h1-4,10H,(H3,9,11,12). The molecular weight excluding hydrogens is 178 g/mol. The van der Waals surface area contributed by atoms with Gasteiger partial charge >= 0.3 is 6.03 Å². The first kappa shape index (κ1) is 8.67. The molecule has 1 aromatic carbocycles. The van der Waals surface area contributed by atoms with Crippen molar-refractivity contribution in [2.24, 2.45) is 5.73 Å². The maximum absolute atomic E-state index is 10.3. The van der Waals surface area contributed by atoms with Gasteiger partial charge in [0.2, 0.25) is 0 Å². The lowest BCUT2D eigenvalue weighted by Gasteiger charge is -2.05. The number of hydrazine groups is 1. The van der Waals surface area contributed by atoms with Crippen molar-refractivity contribution < 1.29 is 4.79 Å². The molecule has 0 saturated heterocycles. The zero-order valence-electron chi connectivity index (χ0n) is 6.17. The van der Waals surface area contributed by atoms with Crippen LogP contribution in [0.4, 0.5) is 10.5 Å². The molecule has 1 aromatic rings. The summed E-state index contributed by atoms with van der Waals surface area (Å²) < 4.78 is 0. The summed E-state index contributed by atoms with van der Waals surface area (Å²) in [6, 6.07) is 6.26. The van der Waals surface area contributed by atoms with Gasteiger partial charge in [-0.3, -0.25) is 10.9 Å². The Morgan fingerprint density at radius 3 is 2.83 bits per heavy atom. The second-order valence-electron chi connectivity index (χ2n) is 2.12. The summed E-state index contributed by atoms with van der Waals surface area (Å²) in [6.45, 7) is 0. The Morgan fingerprint density at radius 1 is 1.50 bits per heavy atom. The second-order valence-corrected chi connectivity index (χ2v) is 2.56. The van der Waals surface area contributed by atoms with Gasteiger partial charge in [0.25, 0.3) is 0 Å². The van der Waals surface area contributed by atoms with Crippen LogP contribution in [-0.4, -0.2) is 6.03 Å². The third-order valence-electron chi connectivity index (χ3n) is 1.15. The summed E-state index contributed by atoms with van der Waals surface area (Å²) in [6.07, 6.45) is 0. The normalized spacial score (nSPS) is 9.08. The number of halogens is 1. The Bertz CT molecular complexity index is 290. The molecule has 64 valence electrons. The molecule has 0 aliphatic carbocycles. The minimum absolute atomic E-state index is 0.589. The first-order valence-corrected chi connectivity index (χ1v) is 3.63. The van der Waals surface area contributed by atoms with Crippen LogP contribution in [0.15, 0.2) is 24.3 Å². The molecule has 0 aliphatic rings. The van der Waals surface area contributed by atoms with E-state index in [1.54, 1.807) is 24.3 Å². The van der Waals surface area contributed by atoms with Crippen LogP contribution in [0.2, 0.25) is 5.02 Å². The van der Waals surface area contributed by atoms with Gasteiger partial charge in [-0.1, -0.05) is 17.7 Å². The van der Waals surface area contributed by atoms with E-state index in [9.17, 15) is 4.79 Å². The van der Waals surface area contributed by atoms with Crippen LogP contribution < -0.4 is 16.6 Å². The Balaban J connectivity index is 2.57. The molecular formula is C7H8ClN3O. The molecule has 4 N–H and O–H groups in total. The number of carbonyl (C=O) groups excluding carboxylic acids is 1. The molecule has 0 aliphatic heterocycles. The van der Waals surface area contributed by atoms with E-state index in [2.05, 4.69) is 10.9 Å². The summed E-state index contributed by atoms with van der Waals surface area (Å²) in [5, 5.41) is 0.589. The van der Waals surface area contributed by atoms with E-state index in [0.29, 0.717) is 10.7 Å². The first-order chi connectivity index (χ1) is 5.68. The molecule has 0 saturated carbocycles. The van der Waals surface area contributed by atoms with Crippen LogP contribution in [0, 0.1) is 0 Å². The number of nitrogens with two attached hydrogens (primary N) is 1. The summed E-state index contributed by atoms with van der Waals surface area (Å²) in [4.78, 5) is 10.3. The molecule has 0 spiro atoms. The van der Waals surface area contributed by atoms with Crippen LogP contribution in [0.3, 0.4) is 0 Å². The summed E-state index contributed by atoms with van der Waals surface area (Å²) in [5.74, 6) is 0. The van der Waals surface area contributed by atoms with Crippen molar-refractivity contribution >= 4 is 23.3 Å². The van der Waals surface area contributed by atoms with E-state index in [4.69, 9.17) is 17.3 Å². The van der Waals surface area contributed by atoms with Crippen LogP contribution in [0.25, 0.3) is 0 Å². The van der Waals surface area contributed by atoms with Crippen molar-refractivity contribution in [2.45, 2.75) is 0 Å². The lowest BCUT2D eigenvalue weighted by molar-refractivity contribution is 0.250. The van der Waals surface area contributed by atoms with E-state index < -0.39 is 6.03 Å². The Kier molecular flexibility index (Phi) is 2.76. The van der Waals surface area contributed by atoms with E-state index in [0.717, 1.165) is 0 Å². The number of nitrogens with one attached hydrogen (secondary N) is 2. The minimum Gasteiger partial charge on any atom is -0.350 e. The van der Waals surface area contributed by atoms with Crippen LogP contribution in [0.1, 0.15) is 0 Å². The van der Waals surface area contributed by atoms with Gasteiger partial charge in [0.15, 0.2) is 0 Å². The first-order valence-electron chi connectivity index (χ1n) is 3.25. The number of anilines is 1. The predicted octanol–water partition coefficient (Wildman–Crippen LogP) is 1.34. The number of carbonyl (C=O) groups is 1. The topological polar surface area (TPSA) is 67.2 Å². The van der Waals surface area contributed by atoms with Gasteiger partial charge in [-0.15, -0.1) is 0 Å². The van der Waals surface area contributed by atoms with Crippen molar-refractivity contribution in [2.75, 3.05) is 5.43 Å². The highest BCUT2D eigenvalue weighted by molar-refractivity contribution is 6.30. The number of urea groups is 1. The molecule has 0 fully saturated rings. The van der Waals surface area contributed by atoms with Gasteiger partial charge in [0.05, 0.1) is 5.69 Å². The summed E-state index contributed by atoms with van der Waals surface area (Å²) >= 11 is 5.68. The van der Waals surface area contributed by atoms with Crippen molar-refractivity contribution in [1.29, 1.82) is 0 Å². The van der Waals surface area contributed by atoms with Gasteiger partial charge in [-0.2, -0.15) is 0 Å². The Labute approximate surface area is 74.7 Å². The molecule has 0 atom stereocenters. The number of rotatable bonds is 2. The van der Waals surface area contributed by atoms with Gasteiger partial charge < -0.3 is 5.73 Å². The third kappa shape index (κ3) is 2.67. The fourth-order valence-corrected chi connectivity index (χ4v) is 0.890. The molecule has 0 aromatic heterocycles. The monoisotopic (exact) mass is 185 g/mol. The van der Waals surface area contributed by atoms with Gasteiger partial charge in [-0.05, 0) is 18.2 Å². The molecule has 0 unspecified atom stereocenters. The predicted molar refractivity (Wildman–Crippen MR) is 47.8 cm³/mol. The molecule has 0 radical (unpaired) electrons. The van der Waals surface area contributed by atoms with Gasteiger partial charge in [-0.25, -0.2) is 4.79 Å². The number of hydrogen-bond donors (Lipinski definition) is 3. The third-order valence-corrected chi connectivity index (χ3v) is 1.39. The minimum atomic E-state index is -0.644. The van der Waals surface area contributed by atoms with Gasteiger partial charge in [0.1, 0.15) is 0 Å². The Hall–Kier alpha value is -1.42. The smallest absolute Gasteiger partial charge is 0.330 e. The van der Waals surface area contributed by atoms with Crippen molar-refractivity contribution in [3.05, 3.63) is 29.3 Å².